The Balaban J connectivity index is 1.63. The zero-order valence-corrected chi connectivity index (χ0v) is 11.0. The summed E-state index contributed by atoms with van der Waals surface area (Å²) in [5, 5.41) is 6.55. The third kappa shape index (κ3) is 3.98. The molecule has 2 aliphatic rings. The van der Waals surface area contributed by atoms with Gasteiger partial charge in [0.2, 0.25) is 5.91 Å². The molecule has 98 valence electrons. The fourth-order valence-corrected chi connectivity index (χ4v) is 3.16. The monoisotopic (exact) mass is 238 g/mol. The molecule has 0 bridgehead atoms. The Morgan fingerprint density at radius 1 is 1.24 bits per heavy atom. The van der Waals surface area contributed by atoms with Gasteiger partial charge in [-0.15, -0.1) is 0 Å². The van der Waals surface area contributed by atoms with Crippen LogP contribution < -0.4 is 10.6 Å². The van der Waals surface area contributed by atoms with E-state index in [2.05, 4.69) is 17.6 Å². The van der Waals surface area contributed by atoms with Crippen molar-refractivity contribution in [2.75, 3.05) is 13.1 Å². The maximum Gasteiger partial charge on any atom is 0.221 e. The first-order valence-electron chi connectivity index (χ1n) is 7.26. The van der Waals surface area contributed by atoms with E-state index in [1.54, 1.807) is 0 Å². The van der Waals surface area contributed by atoms with Crippen molar-refractivity contribution in [3.63, 3.8) is 0 Å². The molecule has 2 N–H and O–H groups in total. The zero-order valence-electron chi connectivity index (χ0n) is 11.0. The average molecular weight is 238 g/mol. The van der Waals surface area contributed by atoms with E-state index in [-0.39, 0.29) is 5.91 Å². The van der Waals surface area contributed by atoms with Crippen molar-refractivity contribution in [1.29, 1.82) is 0 Å². The molecule has 2 rings (SSSR count). The Hall–Kier alpha value is -0.570. The standard InChI is InChI=1S/C14H26N2O/c1-11-5-4-6-12(11)10-16-14(17)9-13-7-2-3-8-15-13/h11-13,15H,2-10H2,1H3,(H,16,17). The molecule has 1 amide bonds. The highest BCUT2D eigenvalue weighted by atomic mass is 16.1. The van der Waals surface area contributed by atoms with Crippen LogP contribution in [-0.4, -0.2) is 25.0 Å². The number of hydrogen-bond donors (Lipinski definition) is 2. The number of rotatable bonds is 4. The molecule has 1 saturated carbocycles. The Bertz CT molecular complexity index is 249. The molecule has 0 aromatic carbocycles. The van der Waals surface area contributed by atoms with E-state index in [0.717, 1.165) is 31.3 Å². The molecule has 0 aromatic rings. The van der Waals surface area contributed by atoms with Crippen molar-refractivity contribution in [2.24, 2.45) is 11.8 Å². The van der Waals surface area contributed by atoms with Gasteiger partial charge in [0.25, 0.3) is 0 Å². The largest absolute Gasteiger partial charge is 0.356 e. The summed E-state index contributed by atoms with van der Waals surface area (Å²) in [6, 6.07) is 0.421. The molecule has 3 unspecified atom stereocenters. The smallest absolute Gasteiger partial charge is 0.221 e. The van der Waals surface area contributed by atoms with Gasteiger partial charge in [0, 0.05) is 19.0 Å². The summed E-state index contributed by atoms with van der Waals surface area (Å²) in [7, 11) is 0. The molecule has 17 heavy (non-hydrogen) atoms. The van der Waals surface area contributed by atoms with E-state index in [0.29, 0.717) is 12.5 Å². The second-order valence-electron chi connectivity index (χ2n) is 5.82. The second kappa shape index (κ2) is 6.39. The number of carbonyl (C=O) groups is 1. The summed E-state index contributed by atoms with van der Waals surface area (Å²) in [4.78, 5) is 11.8. The van der Waals surface area contributed by atoms with Crippen LogP contribution in [0, 0.1) is 11.8 Å². The molecule has 1 aliphatic heterocycles. The third-order valence-electron chi connectivity index (χ3n) is 4.44. The zero-order chi connectivity index (χ0) is 12.1. The van der Waals surface area contributed by atoms with Crippen molar-refractivity contribution < 1.29 is 4.79 Å². The summed E-state index contributed by atoms with van der Waals surface area (Å²) in [5.74, 6) is 1.75. The lowest BCUT2D eigenvalue weighted by Crippen LogP contribution is -2.40. The van der Waals surface area contributed by atoms with Crippen molar-refractivity contribution >= 4 is 5.91 Å². The first-order valence-corrected chi connectivity index (χ1v) is 7.26. The van der Waals surface area contributed by atoms with Gasteiger partial charge in [0.1, 0.15) is 0 Å². The molecule has 2 fully saturated rings. The molecule has 1 aliphatic carbocycles. The van der Waals surface area contributed by atoms with E-state index in [4.69, 9.17) is 0 Å². The van der Waals surface area contributed by atoms with Gasteiger partial charge in [-0.2, -0.15) is 0 Å². The maximum absolute atomic E-state index is 11.8. The van der Waals surface area contributed by atoms with Crippen LogP contribution in [0.15, 0.2) is 0 Å². The molecule has 1 heterocycles. The summed E-state index contributed by atoms with van der Waals surface area (Å²) >= 11 is 0. The fraction of sp³-hybridized carbons (Fsp3) is 0.929. The number of piperidine rings is 1. The van der Waals surface area contributed by atoms with Gasteiger partial charge < -0.3 is 10.6 Å². The first kappa shape index (κ1) is 12.9. The number of nitrogens with one attached hydrogen (secondary N) is 2. The van der Waals surface area contributed by atoms with E-state index >= 15 is 0 Å². The van der Waals surface area contributed by atoms with Crippen molar-refractivity contribution in [1.82, 2.24) is 10.6 Å². The molecule has 3 nitrogen and oxygen atoms in total. The Kier molecular flexibility index (Phi) is 4.84. The van der Waals surface area contributed by atoms with E-state index in [9.17, 15) is 4.79 Å². The third-order valence-corrected chi connectivity index (χ3v) is 4.44. The second-order valence-corrected chi connectivity index (χ2v) is 5.82. The normalized spacial score (nSPS) is 33.6. The Morgan fingerprint density at radius 2 is 2.12 bits per heavy atom. The summed E-state index contributed by atoms with van der Waals surface area (Å²) in [6.45, 7) is 4.29. The molecule has 3 heteroatoms. The molecular weight excluding hydrogens is 212 g/mol. The van der Waals surface area contributed by atoms with Crippen LogP contribution >= 0.6 is 0 Å². The Morgan fingerprint density at radius 3 is 2.76 bits per heavy atom. The van der Waals surface area contributed by atoms with Crippen LogP contribution in [-0.2, 0) is 4.79 Å². The maximum atomic E-state index is 11.8. The highest BCUT2D eigenvalue weighted by Gasteiger charge is 2.24. The summed E-state index contributed by atoms with van der Waals surface area (Å²) in [6.07, 6.45) is 8.33. The van der Waals surface area contributed by atoms with Gasteiger partial charge in [0.15, 0.2) is 0 Å². The van der Waals surface area contributed by atoms with Gasteiger partial charge in [-0.25, -0.2) is 0 Å². The molecule has 3 atom stereocenters. The predicted octanol–water partition coefficient (Wildman–Crippen LogP) is 2.07. The molecule has 0 radical (unpaired) electrons. The fourth-order valence-electron chi connectivity index (χ4n) is 3.16. The highest BCUT2D eigenvalue weighted by Crippen LogP contribution is 2.30. The topological polar surface area (TPSA) is 41.1 Å². The Labute approximate surface area is 105 Å². The molecule has 0 aromatic heterocycles. The van der Waals surface area contributed by atoms with Crippen molar-refractivity contribution in [3.05, 3.63) is 0 Å². The minimum atomic E-state index is 0.239. The summed E-state index contributed by atoms with van der Waals surface area (Å²) in [5.41, 5.74) is 0. The van der Waals surface area contributed by atoms with Crippen molar-refractivity contribution in [3.8, 4) is 0 Å². The van der Waals surface area contributed by atoms with Crippen LogP contribution in [0.3, 0.4) is 0 Å². The van der Waals surface area contributed by atoms with Gasteiger partial charge in [0.05, 0.1) is 0 Å². The molecule has 0 spiro atoms. The first-order chi connectivity index (χ1) is 8.25. The molecular formula is C14H26N2O. The lowest BCUT2D eigenvalue weighted by atomic mass is 9.98. The lowest BCUT2D eigenvalue weighted by Gasteiger charge is -2.23. The van der Waals surface area contributed by atoms with Crippen LogP contribution in [0.4, 0.5) is 0 Å². The predicted molar refractivity (Wildman–Crippen MR) is 69.8 cm³/mol. The van der Waals surface area contributed by atoms with Crippen LogP contribution in [0.2, 0.25) is 0 Å². The van der Waals surface area contributed by atoms with Gasteiger partial charge in [-0.3, -0.25) is 4.79 Å². The number of hydrogen-bond acceptors (Lipinski definition) is 2. The van der Waals surface area contributed by atoms with E-state index < -0.39 is 0 Å². The van der Waals surface area contributed by atoms with Crippen LogP contribution in [0.5, 0.6) is 0 Å². The van der Waals surface area contributed by atoms with Gasteiger partial charge in [-0.05, 0) is 37.6 Å². The quantitative estimate of drug-likeness (QED) is 0.787. The van der Waals surface area contributed by atoms with E-state index in [1.807, 2.05) is 0 Å². The minimum Gasteiger partial charge on any atom is -0.356 e. The number of amides is 1. The van der Waals surface area contributed by atoms with Gasteiger partial charge in [-0.1, -0.05) is 26.2 Å². The van der Waals surface area contributed by atoms with E-state index in [1.165, 1.54) is 32.1 Å². The van der Waals surface area contributed by atoms with Crippen LogP contribution in [0.25, 0.3) is 0 Å². The van der Waals surface area contributed by atoms with Gasteiger partial charge >= 0.3 is 0 Å². The number of carbonyl (C=O) groups excluding carboxylic acids is 1. The van der Waals surface area contributed by atoms with Crippen LogP contribution in [0.1, 0.15) is 51.9 Å². The summed E-state index contributed by atoms with van der Waals surface area (Å²) < 4.78 is 0. The minimum absolute atomic E-state index is 0.239. The molecule has 1 saturated heterocycles. The highest BCUT2D eigenvalue weighted by molar-refractivity contribution is 5.76. The van der Waals surface area contributed by atoms with Crippen molar-refractivity contribution in [2.45, 2.75) is 57.9 Å². The average Bonchev–Trinajstić information content (AvgIpc) is 2.74. The SMILES string of the molecule is CC1CCCC1CNC(=O)CC1CCCCN1. The lowest BCUT2D eigenvalue weighted by molar-refractivity contribution is -0.121.